The molecule has 0 atom stereocenters. The average Bonchev–Trinajstić information content (AvgIpc) is 3.14. The SMILES string of the molecule is Cc1ccccc1Cn1nc(C)c(NC(=O)C2CCCC2)c1C. The zero-order valence-corrected chi connectivity index (χ0v) is 14.2. The van der Waals surface area contributed by atoms with Crippen LogP contribution < -0.4 is 5.32 Å². The number of amides is 1. The standard InChI is InChI=1S/C19H25N3O/c1-13-8-4-5-11-17(13)12-22-15(3)18(14(2)21-22)20-19(23)16-9-6-7-10-16/h4-5,8,11,16H,6-7,9-10,12H2,1-3H3,(H,20,23). The summed E-state index contributed by atoms with van der Waals surface area (Å²) in [6, 6.07) is 8.34. The molecule has 1 N–H and O–H groups in total. The molecular weight excluding hydrogens is 286 g/mol. The van der Waals surface area contributed by atoms with Gasteiger partial charge in [-0.25, -0.2) is 0 Å². The van der Waals surface area contributed by atoms with Gasteiger partial charge in [0.2, 0.25) is 5.91 Å². The van der Waals surface area contributed by atoms with Gasteiger partial charge in [-0.3, -0.25) is 9.48 Å². The van der Waals surface area contributed by atoms with Crippen molar-refractivity contribution >= 4 is 11.6 Å². The Morgan fingerprint density at radius 3 is 2.61 bits per heavy atom. The number of benzene rings is 1. The molecule has 0 aliphatic heterocycles. The van der Waals surface area contributed by atoms with Crippen molar-refractivity contribution in [2.75, 3.05) is 5.32 Å². The summed E-state index contributed by atoms with van der Waals surface area (Å²) in [6.07, 6.45) is 4.37. The first-order chi connectivity index (χ1) is 11.1. The van der Waals surface area contributed by atoms with Crippen LogP contribution in [0.15, 0.2) is 24.3 Å². The summed E-state index contributed by atoms with van der Waals surface area (Å²) in [5.41, 5.74) is 5.32. The van der Waals surface area contributed by atoms with E-state index < -0.39 is 0 Å². The Labute approximate surface area is 137 Å². The summed E-state index contributed by atoms with van der Waals surface area (Å²) in [4.78, 5) is 12.4. The summed E-state index contributed by atoms with van der Waals surface area (Å²) in [5, 5.41) is 7.75. The lowest BCUT2D eigenvalue weighted by molar-refractivity contribution is -0.119. The van der Waals surface area contributed by atoms with Gasteiger partial charge in [0.25, 0.3) is 0 Å². The highest BCUT2D eigenvalue weighted by Gasteiger charge is 2.24. The van der Waals surface area contributed by atoms with Gasteiger partial charge in [-0.05, 0) is 44.7 Å². The summed E-state index contributed by atoms with van der Waals surface area (Å²) in [6.45, 7) is 6.84. The quantitative estimate of drug-likeness (QED) is 0.928. The third-order valence-corrected chi connectivity index (χ3v) is 4.94. The van der Waals surface area contributed by atoms with E-state index in [9.17, 15) is 4.79 Å². The smallest absolute Gasteiger partial charge is 0.227 e. The van der Waals surface area contributed by atoms with Gasteiger partial charge in [-0.15, -0.1) is 0 Å². The van der Waals surface area contributed by atoms with Gasteiger partial charge in [0.15, 0.2) is 0 Å². The van der Waals surface area contributed by atoms with Crippen LogP contribution in [-0.4, -0.2) is 15.7 Å². The highest BCUT2D eigenvalue weighted by atomic mass is 16.1. The van der Waals surface area contributed by atoms with E-state index in [1.807, 2.05) is 24.6 Å². The van der Waals surface area contributed by atoms with Crippen LogP contribution in [0.4, 0.5) is 5.69 Å². The van der Waals surface area contributed by atoms with Gasteiger partial charge < -0.3 is 5.32 Å². The molecule has 0 spiro atoms. The van der Waals surface area contributed by atoms with Crippen LogP contribution in [0.1, 0.15) is 48.2 Å². The predicted molar refractivity (Wildman–Crippen MR) is 92.6 cm³/mol. The third-order valence-electron chi connectivity index (χ3n) is 4.94. The molecule has 1 aromatic carbocycles. The number of nitrogens with one attached hydrogen (secondary N) is 1. The average molecular weight is 311 g/mol. The van der Waals surface area contributed by atoms with Crippen LogP contribution in [0.25, 0.3) is 0 Å². The molecule has 4 nitrogen and oxygen atoms in total. The van der Waals surface area contributed by atoms with E-state index in [2.05, 4.69) is 35.5 Å². The molecule has 1 amide bonds. The minimum absolute atomic E-state index is 0.157. The normalized spacial score (nSPS) is 15.1. The molecule has 0 radical (unpaired) electrons. The maximum atomic E-state index is 12.4. The van der Waals surface area contributed by atoms with Crippen molar-refractivity contribution in [2.24, 2.45) is 5.92 Å². The van der Waals surface area contributed by atoms with E-state index in [1.165, 1.54) is 24.0 Å². The molecule has 1 aliphatic carbocycles. The zero-order valence-electron chi connectivity index (χ0n) is 14.2. The number of carbonyl (C=O) groups is 1. The van der Waals surface area contributed by atoms with Crippen molar-refractivity contribution in [2.45, 2.75) is 53.0 Å². The number of hydrogen-bond donors (Lipinski definition) is 1. The van der Waals surface area contributed by atoms with Crippen LogP contribution in [0.3, 0.4) is 0 Å². The minimum atomic E-state index is 0.157. The van der Waals surface area contributed by atoms with Gasteiger partial charge in [0, 0.05) is 5.92 Å². The summed E-state index contributed by atoms with van der Waals surface area (Å²) >= 11 is 0. The van der Waals surface area contributed by atoms with E-state index in [0.717, 1.165) is 36.5 Å². The lowest BCUT2D eigenvalue weighted by Gasteiger charge is -2.11. The Morgan fingerprint density at radius 1 is 1.22 bits per heavy atom. The second-order valence-electron chi connectivity index (χ2n) is 6.60. The summed E-state index contributed by atoms with van der Waals surface area (Å²) in [7, 11) is 0. The second-order valence-corrected chi connectivity index (χ2v) is 6.60. The second kappa shape index (κ2) is 6.57. The molecule has 1 aromatic heterocycles. The van der Waals surface area contributed by atoms with E-state index in [4.69, 9.17) is 0 Å². The van der Waals surface area contributed by atoms with Crippen molar-refractivity contribution in [3.05, 3.63) is 46.8 Å². The van der Waals surface area contributed by atoms with Crippen molar-refractivity contribution in [3.8, 4) is 0 Å². The fourth-order valence-corrected chi connectivity index (χ4v) is 3.39. The molecule has 0 bridgehead atoms. The number of aromatic nitrogens is 2. The topological polar surface area (TPSA) is 46.9 Å². The first-order valence-electron chi connectivity index (χ1n) is 8.45. The summed E-state index contributed by atoms with van der Waals surface area (Å²) in [5.74, 6) is 0.331. The van der Waals surface area contributed by atoms with Crippen LogP contribution in [0.2, 0.25) is 0 Å². The van der Waals surface area contributed by atoms with Crippen molar-refractivity contribution in [3.63, 3.8) is 0 Å². The Balaban J connectivity index is 1.79. The minimum Gasteiger partial charge on any atom is -0.323 e. The van der Waals surface area contributed by atoms with Gasteiger partial charge in [0.05, 0.1) is 23.6 Å². The number of hydrogen-bond acceptors (Lipinski definition) is 2. The first-order valence-corrected chi connectivity index (χ1v) is 8.45. The van der Waals surface area contributed by atoms with Crippen molar-refractivity contribution in [1.29, 1.82) is 0 Å². The Hall–Kier alpha value is -2.10. The van der Waals surface area contributed by atoms with Gasteiger partial charge in [0.1, 0.15) is 0 Å². The first kappa shape index (κ1) is 15.8. The highest BCUT2D eigenvalue weighted by molar-refractivity contribution is 5.93. The molecule has 1 heterocycles. The van der Waals surface area contributed by atoms with Crippen LogP contribution >= 0.6 is 0 Å². The van der Waals surface area contributed by atoms with Crippen molar-refractivity contribution < 1.29 is 4.79 Å². The van der Waals surface area contributed by atoms with Crippen LogP contribution in [0.5, 0.6) is 0 Å². The number of anilines is 1. The molecule has 0 unspecified atom stereocenters. The van der Waals surface area contributed by atoms with E-state index in [1.54, 1.807) is 0 Å². The number of aryl methyl sites for hydroxylation is 2. The fraction of sp³-hybridized carbons (Fsp3) is 0.474. The molecule has 1 fully saturated rings. The monoisotopic (exact) mass is 311 g/mol. The Bertz CT molecular complexity index is 711. The van der Waals surface area contributed by atoms with Gasteiger partial charge in [-0.2, -0.15) is 5.10 Å². The molecule has 2 aromatic rings. The predicted octanol–water partition coefficient (Wildman–Crippen LogP) is 3.99. The molecule has 0 saturated heterocycles. The van der Waals surface area contributed by atoms with Crippen molar-refractivity contribution in [1.82, 2.24) is 9.78 Å². The van der Waals surface area contributed by atoms with E-state index >= 15 is 0 Å². The molecule has 1 aliphatic rings. The van der Waals surface area contributed by atoms with E-state index in [-0.39, 0.29) is 11.8 Å². The van der Waals surface area contributed by atoms with Crippen LogP contribution in [-0.2, 0) is 11.3 Å². The lowest BCUT2D eigenvalue weighted by atomic mass is 10.1. The molecular formula is C19H25N3O. The molecule has 3 rings (SSSR count). The molecule has 4 heteroatoms. The summed E-state index contributed by atoms with van der Waals surface area (Å²) < 4.78 is 1.99. The fourth-order valence-electron chi connectivity index (χ4n) is 3.39. The Morgan fingerprint density at radius 2 is 1.91 bits per heavy atom. The third kappa shape index (κ3) is 3.31. The highest BCUT2D eigenvalue weighted by Crippen LogP contribution is 2.28. The number of nitrogens with zero attached hydrogens (tertiary/aromatic N) is 2. The molecule has 23 heavy (non-hydrogen) atoms. The lowest BCUT2D eigenvalue weighted by Crippen LogP contribution is -2.21. The van der Waals surface area contributed by atoms with E-state index in [0.29, 0.717) is 0 Å². The van der Waals surface area contributed by atoms with Gasteiger partial charge >= 0.3 is 0 Å². The number of carbonyl (C=O) groups excluding carboxylic acids is 1. The molecule has 122 valence electrons. The van der Waals surface area contributed by atoms with Crippen LogP contribution in [0, 0.1) is 26.7 Å². The maximum absolute atomic E-state index is 12.4. The molecule has 1 saturated carbocycles. The Kier molecular flexibility index (Phi) is 4.51. The number of rotatable bonds is 4. The largest absolute Gasteiger partial charge is 0.323 e. The van der Waals surface area contributed by atoms with Gasteiger partial charge in [-0.1, -0.05) is 37.1 Å². The zero-order chi connectivity index (χ0) is 16.4. The maximum Gasteiger partial charge on any atom is 0.227 e.